The number of piperazine rings is 1. The Morgan fingerprint density at radius 2 is 2.03 bits per heavy atom. The minimum Gasteiger partial charge on any atom is -0.375 e. The van der Waals surface area contributed by atoms with Crippen LogP contribution in [-0.2, 0) is 11.3 Å². The second-order valence-electron chi connectivity index (χ2n) is 7.48. The van der Waals surface area contributed by atoms with Crippen LogP contribution in [0.1, 0.15) is 12.5 Å². The van der Waals surface area contributed by atoms with Crippen molar-refractivity contribution in [1.82, 2.24) is 15.2 Å². The summed E-state index contributed by atoms with van der Waals surface area (Å²) in [5.41, 5.74) is 1.16. The minimum absolute atomic E-state index is 0. The van der Waals surface area contributed by atoms with Gasteiger partial charge in [0.1, 0.15) is 5.82 Å². The van der Waals surface area contributed by atoms with E-state index in [-0.39, 0.29) is 30.1 Å². The zero-order chi connectivity index (χ0) is 20.1. The van der Waals surface area contributed by atoms with Crippen molar-refractivity contribution in [3.8, 4) is 0 Å². The largest absolute Gasteiger partial charge is 0.375 e. The van der Waals surface area contributed by atoms with Crippen molar-refractivity contribution in [2.45, 2.75) is 19.6 Å². The quantitative estimate of drug-likeness (QED) is 0.365. The van der Waals surface area contributed by atoms with E-state index in [0.29, 0.717) is 0 Å². The first-order valence-corrected chi connectivity index (χ1v) is 11.2. The number of anilines is 2. The van der Waals surface area contributed by atoms with Crippen LogP contribution in [0.15, 0.2) is 40.8 Å². The number of nitrogens with zero attached hydrogens (tertiary/aromatic N) is 5. The highest BCUT2D eigenvalue weighted by Gasteiger charge is 2.20. The van der Waals surface area contributed by atoms with Gasteiger partial charge in [-0.05, 0) is 36.1 Å². The molecule has 9 heteroatoms. The standard InChI is InChI=1S/C21H30N6OS.HI/c1-17-16-27(11-12-28-17)19-6-5-18(14-23-19)15-24-21(22-2)26-9-7-25(8-10-26)20-4-3-13-29-20;/h3-6,13-14,17H,7-12,15-16H2,1-2H3,(H,22,24);1H. The predicted octanol–water partition coefficient (Wildman–Crippen LogP) is 2.88. The van der Waals surface area contributed by atoms with Crippen LogP contribution in [-0.4, -0.2) is 74.9 Å². The average molecular weight is 542 g/mol. The number of ether oxygens (including phenoxy) is 1. The molecule has 2 aromatic heterocycles. The van der Waals surface area contributed by atoms with Gasteiger partial charge in [0.05, 0.1) is 17.7 Å². The molecule has 2 aliphatic rings. The molecule has 1 N–H and O–H groups in total. The van der Waals surface area contributed by atoms with E-state index in [2.05, 4.69) is 66.6 Å². The Bertz CT molecular complexity index is 792. The lowest BCUT2D eigenvalue weighted by atomic mass is 10.2. The molecule has 2 aliphatic heterocycles. The van der Waals surface area contributed by atoms with E-state index in [1.54, 1.807) is 0 Å². The van der Waals surface area contributed by atoms with Crippen LogP contribution < -0.4 is 15.1 Å². The summed E-state index contributed by atoms with van der Waals surface area (Å²) in [6.45, 7) is 9.40. The summed E-state index contributed by atoms with van der Waals surface area (Å²) in [5, 5.41) is 6.99. The highest BCUT2D eigenvalue weighted by molar-refractivity contribution is 14.0. The first-order chi connectivity index (χ1) is 14.2. The molecular weight excluding hydrogens is 511 g/mol. The number of guanidine groups is 1. The van der Waals surface area contributed by atoms with Crippen LogP contribution in [0.4, 0.5) is 10.8 Å². The molecule has 4 rings (SSSR count). The lowest BCUT2D eigenvalue weighted by Gasteiger charge is -2.37. The normalized spacial score (nSPS) is 20.1. The highest BCUT2D eigenvalue weighted by atomic mass is 127. The average Bonchev–Trinajstić information content (AvgIpc) is 3.30. The summed E-state index contributed by atoms with van der Waals surface area (Å²) >= 11 is 1.81. The molecule has 2 aromatic rings. The molecule has 164 valence electrons. The third-order valence-corrected chi connectivity index (χ3v) is 6.36. The van der Waals surface area contributed by atoms with Gasteiger partial charge >= 0.3 is 0 Å². The molecule has 4 heterocycles. The Hall–Kier alpha value is -1.59. The molecule has 2 saturated heterocycles. The van der Waals surface area contributed by atoms with Gasteiger partial charge in [0, 0.05) is 59.1 Å². The summed E-state index contributed by atoms with van der Waals surface area (Å²) < 4.78 is 5.62. The van der Waals surface area contributed by atoms with Gasteiger partial charge in [-0.15, -0.1) is 35.3 Å². The summed E-state index contributed by atoms with van der Waals surface area (Å²) in [5.74, 6) is 1.99. The number of aliphatic imine (C=N–C) groups is 1. The van der Waals surface area contributed by atoms with Crippen LogP contribution in [0, 0.1) is 0 Å². The first kappa shape index (κ1) is 23.1. The fourth-order valence-electron chi connectivity index (χ4n) is 3.84. The van der Waals surface area contributed by atoms with Crippen molar-refractivity contribution in [3.63, 3.8) is 0 Å². The molecule has 0 saturated carbocycles. The van der Waals surface area contributed by atoms with Gasteiger partial charge in [-0.25, -0.2) is 4.98 Å². The molecule has 0 spiro atoms. The van der Waals surface area contributed by atoms with E-state index >= 15 is 0 Å². The maximum Gasteiger partial charge on any atom is 0.194 e. The van der Waals surface area contributed by atoms with E-state index in [4.69, 9.17) is 4.74 Å². The van der Waals surface area contributed by atoms with Crippen molar-refractivity contribution >= 4 is 52.1 Å². The second kappa shape index (κ2) is 11.1. The maximum atomic E-state index is 5.62. The molecule has 0 radical (unpaired) electrons. The summed E-state index contributed by atoms with van der Waals surface area (Å²) in [4.78, 5) is 16.2. The highest BCUT2D eigenvalue weighted by Crippen LogP contribution is 2.22. The topological polar surface area (TPSA) is 56.2 Å². The third kappa shape index (κ3) is 5.76. The van der Waals surface area contributed by atoms with Crippen molar-refractivity contribution < 1.29 is 4.74 Å². The SMILES string of the molecule is CN=C(NCc1ccc(N2CCOC(C)C2)nc1)N1CCN(c2cccs2)CC1.I. The zero-order valence-corrected chi connectivity index (χ0v) is 20.8. The molecule has 30 heavy (non-hydrogen) atoms. The molecule has 0 aliphatic carbocycles. The number of aromatic nitrogens is 1. The van der Waals surface area contributed by atoms with Gasteiger partial charge in [0.2, 0.25) is 0 Å². The van der Waals surface area contributed by atoms with Crippen molar-refractivity contribution in [2.75, 3.05) is 62.7 Å². The maximum absolute atomic E-state index is 5.62. The van der Waals surface area contributed by atoms with Gasteiger partial charge in [-0.1, -0.05) is 6.07 Å². The molecule has 2 fully saturated rings. The molecule has 1 unspecified atom stereocenters. The van der Waals surface area contributed by atoms with Gasteiger partial charge in [0.25, 0.3) is 0 Å². The lowest BCUT2D eigenvalue weighted by molar-refractivity contribution is 0.0529. The fourth-order valence-corrected chi connectivity index (χ4v) is 4.62. The Morgan fingerprint density at radius 3 is 2.67 bits per heavy atom. The number of hydrogen-bond acceptors (Lipinski definition) is 6. The first-order valence-electron chi connectivity index (χ1n) is 10.3. The molecule has 0 bridgehead atoms. The zero-order valence-electron chi connectivity index (χ0n) is 17.7. The molecule has 1 atom stereocenters. The van der Waals surface area contributed by atoms with E-state index in [1.165, 1.54) is 5.00 Å². The Balaban J connectivity index is 0.00000256. The Labute approximate surface area is 200 Å². The van der Waals surface area contributed by atoms with Crippen LogP contribution in [0.5, 0.6) is 0 Å². The van der Waals surface area contributed by atoms with Crippen LogP contribution in [0.2, 0.25) is 0 Å². The number of hydrogen-bond donors (Lipinski definition) is 1. The van der Waals surface area contributed by atoms with Crippen LogP contribution in [0.3, 0.4) is 0 Å². The predicted molar refractivity (Wildman–Crippen MR) is 136 cm³/mol. The summed E-state index contributed by atoms with van der Waals surface area (Å²) in [6, 6.07) is 8.57. The van der Waals surface area contributed by atoms with Gasteiger partial charge < -0.3 is 24.8 Å². The van der Waals surface area contributed by atoms with E-state index in [9.17, 15) is 0 Å². The van der Waals surface area contributed by atoms with Crippen molar-refractivity contribution in [3.05, 3.63) is 41.4 Å². The number of rotatable bonds is 4. The Morgan fingerprint density at radius 1 is 1.20 bits per heavy atom. The number of morpholine rings is 1. The smallest absolute Gasteiger partial charge is 0.194 e. The van der Waals surface area contributed by atoms with Gasteiger partial charge in [0.15, 0.2) is 5.96 Å². The Kier molecular flexibility index (Phi) is 8.58. The molecular formula is C21H31IN6OS. The van der Waals surface area contributed by atoms with E-state index in [1.807, 2.05) is 24.6 Å². The van der Waals surface area contributed by atoms with E-state index in [0.717, 1.165) is 69.8 Å². The second-order valence-corrected chi connectivity index (χ2v) is 8.40. The summed E-state index contributed by atoms with van der Waals surface area (Å²) in [7, 11) is 1.86. The number of nitrogens with one attached hydrogen (secondary N) is 1. The number of thiophene rings is 1. The van der Waals surface area contributed by atoms with Gasteiger partial charge in [-0.3, -0.25) is 4.99 Å². The van der Waals surface area contributed by atoms with Crippen molar-refractivity contribution in [1.29, 1.82) is 0 Å². The number of halogens is 1. The third-order valence-electron chi connectivity index (χ3n) is 5.43. The molecule has 0 amide bonds. The monoisotopic (exact) mass is 542 g/mol. The summed E-state index contributed by atoms with van der Waals surface area (Å²) in [6.07, 6.45) is 2.22. The number of pyridine rings is 1. The lowest BCUT2D eigenvalue weighted by Crippen LogP contribution is -2.52. The van der Waals surface area contributed by atoms with Gasteiger partial charge in [-0.2, -0.15) is 0 Å². The van der Waals surface area contributed by atoms with Crippen LogP contribution >= 0.6 is 35.3 Å². The molecule has 7 nitrogen and oxygen atoms in total. The molecule has 0 aromatic carbocycles. The fraction of sp³-hybridized carbons (Fsp3) is 0.524. The van der Waals surface area contributed by atoms with Crippen molar-refractivity contribution in [2.24, 2.45) is 4.99 Å². The minimum atomic E-state index is 0. The van der Waals surface area contributed by atoms with E-state index < -0.39 is 0 Å². The van der Waals surface area contributed by atoms with Crippen LogP contribution in [0.25, 0.3) is 0 Å².